The fraction of sp³-hybridized carbons (Fsp3) is 0.889. The van der Waals surface area contributed by atoms with E-state index < -0.39 is 6.16 Å². The van der Waals surface area contributed by atoms with E-state index >= 15 is 0 Å². The minimum Gasteiger partial charge on any atom is -0.434 e. The van der Waals surface area contributed by atoms with Crippen LogP contribution in [0.5, 0.6) is 0 Å². The number of allylic oxidation sites excluding steroid dienone is 1. The summed E-state index contributed by atoms with van der Waals surface area (Å²) in [6, 6.07) is 0. The number of unbranched alkanes of at least 4 members (excludes halogenated alkanes) is 3. The van der Waals surface area contributed by atoms with E-state index in [4.69, 9.17) is 14.2 Å². The molecular formula is C27H44O4. The Morgan fingerprint density at radius 1 is 1.03 bits per heavy atom. The lowest BCUT2D eigenvalue weighted by molar-refractivity contribution is -0.0891. The predicted molar refractivity (Wildman–Crippen MR) is 123 cm³/mol. The maximum atomic E-state index is 12.4. The summed E-state index contributed by atoms with van der Waals surface area (Å²) in [5.74, 6) is 2.21. The summed E-state index contributed by atoms with van der Waals surface area (Å²) in [5, 5.41) is 0. The number of rotatable bonds is 7. The highest BCUT2D eigenvalue weighted by molar-refractivity contribution is 5.60. The minimum atomic E-state index is -0.441. The highest BCUT2D eigenvalue weighted by Gasteiger charge is 2.60. The van der Waals surface area contributed by atoms with Crippen molar-refractivity contribution in [3.63, 3.8) is 0 Å². The third-order valence-corrected chi connectivity index (χ3v) is 9.74. The zero-order valence-electron chi connectivity index (χ0n) is 20.3. The van der Waals surface area contributed by atoms with Gasteiger partial charge in [-0.05, 0) is 81.0 Å². The fourth-order valence-electron chi connectivity index (χ4n) is 7.86. The number of methoxy groups -OCH3 is 1. The Kier molecular flexibility index (Phi) is 7.05. The van der Waals surface area contributed by atoms with Gasteiger partial charge in [-0.1, -0.05) is 51.7 Å². The molecule has 3 saturated carbocycles. The topological polar surface area (TPSA) is 44.8 Å². The molecule has 4 aliphatic rings. The molecule has 0 saturated heterocycles. The SMILES string of the molecule is CCCCCCOC(=O)O[C@H]1CC[C@H]2[C@@H]3CCC4=C[C@H](OC)CC[C@]4(C)[C@H]3CC[C@]12C. The monoisotopic (exact) mass is 432 g/mol. The summed E-state index contributed by atoms with van der Waals surface area (Å²) in [6.07, 6.45) is 16.3. The van der Waals surface area contributed by atoms with Crippen molar-refractivity contribution in [1.29, 1.82) is 0 Å². The summed E-state index contributed by atoms with van der Waals surface area (Å²) >= 11 is 0. The van der Waals surface area contributed by atoms with Gasteiger partial charge < -0.3 is 14.2 Å². The van der Waals surface area contributed by atoms with Gasteiger partial charge in [0.25, 0.3) is 0 Å². The van der Waals surface area contributed by atoms with Crippen LogP contribution >= 0.6 is 0 Å². The number of carbonyl (C=O) groups is 1. The normalized spacial score (nSPS) is 41.5. The van der Waals surface area contributed by atoms with Gasteiger partial charge >= 0.3 is 6.16 Å². The van der Waals surface area contributed by atoms with Crippen LogP contribution in [0.4, 0.5) is 4.79 Å². The zero-order chi connectivity index (χ0) is 22.1. The molecule has 0 unspecified atom stereocenters. The second-order valence-electron chi connectivity index (χ2n) is 11.2. The molecule has 0 radical (unpaired) electrons. The average molecular weight is 433 g/mol. The quantitative estimate of drug-likeness (QED) is 0.245. The number of hydrogen-bond acceptors (Lipinski definition) is 4. The second kappa shape index (κ2) is 9.45. The number of hydrogen-bond donors (Lipinski definition) is 0. The van der Waals surface area contributed by atoms with E-state index in [2.05, 4.69) is 26.8 Å². The number of carbonyl (C=O) groups excluding carboxylic acids is 1. The van der Waals surface area contributed by atoms with Crippen LogP contribution in [0.2, 0.25) is 0 Å². The maximum absolute atomic E-state index is 12.4. The highest BCUT2D eigenvalue weighted by atomic mass is 16.7. The van der Waals surface area contributed by atoms with Gasteiger partial charge in [0.15, 0.2) is 0 Å². The highest BCUT2D eigenvalue weighted by Crippen LogP contribution is 2.65. The zero-order valence-corrected chi connectivity index (χ0v) is 20.3. The first-order chi connectivity index (χ1) is 14.9. The lowest BCUT2D eigenvalue weighted by Gasteiger charge is -2.58. The fourth-order valence-corrected chi connectivity index (χ4v) is 7.86. The molecule has 0 bridgehead atoms. The lowest BCUT2D eigenvalue weighted by atomic mass is 9.47. The van der Waals surface area contributed by atoms with Crippen molar-refractivity contribution in [3.8, 4) is 0 Å². The molecule has 0 amide bonds. The van der Waals surface area contributed by atoms with E-state index in [-0.39, 0.29) is 11.5 Å². The number of fused-ring (bicyclic) bond motifs is 5. The summed E-state index contributed by atoms with van der Waals surface area (Å²) in [7, 11) is 1.84. The molecule has 0 spiro atoms. The van der Waals surface area contributed by atoms with Gasteiger partial charge in [-0.25, -0.2) is 4.79 Å². The molecule has 0 heterocycles. The van der Waals surface area contributed by atoms with Crippen molar-refractivity contribution in [2.75, 3.05) is 13.7 Å². The number of ether oxygens (including phenoxy) is 3. The van der Waals surface area contributed by atoms with Gasteiger partial charge in [0, 0.05) is 12.5 Å². The van der Waals surface area contributed by atoms with Gasteiger partial charge in [-0.3, -0.25) is 0 Å². The van der Waals surface area contributed by atoms with E-state index in [0.717, 1.165) is 37.5 Å². The first-order valence-corrected chi connectivity index (χ1v) is 13.0. The molecule has 4 heteroatoms. The van der Waals surface area contributed by atoms with E-state index in [1.165, 1.54) is 51.4 Å². The van der Waals surface area contributed by atoms with Crippen molar-refractivity contribution < 1.29 is 19.0 Å². The Morgan fingerprint density at radius 3 is 2.65 bits per heavy atom. The molecule has 3 fully saturated rings. The molecule has 0 aliphatic heterocycles. The molecule has 4 nitrogen and oxygen atoms in total. The molecule has 31 heavy (non-hydrogen) atoms. The Hall–Kier alpha value is -1.03. The van der Waals surface area contributed by atoms with Crippen LogP contribution in [0, 0.1) is 28.6 Å². The minimum absolute atomic E-state index is 0.0237. The Balaban J connectivity index is 1.38. The summed E-state index contributed by atoms with van der Waals surface area (Å²) in [5.41, 5.74) is 2.12. The Morgan fingerprint density at radius 2 is 1.87 bits per heavy atom. The van der Waals surface area contributed by atoms with Gasteiger partial charge in [-0.15, -0.1) is 0 Å². The Labute approximate surface area is 189 Å². The summed E-state index contributed by atoms with van der Waals surface area (Å²) < 4.78 is 17.0. The van der Waals surface area contributed by atoms with Gasteiger partial charge in [0.05, 0.1) is 12.7 Å². The van der Waals surface area contributed by atoms with Crippen LogP contribution in [-0.2, 0) is 14.2 Å². The molecule has 176 valence electrons. The van der Waals surface area contributed by atoms with Crippen LogP contribution < -0.4 is 0 Å². The average Bonchev–Trinajstić information content (AvgIpc) is 3.09. The van der Waals surface area contributed by atoms with Crippen molar-refractivity contribution in [2.45, 2.75) is 110 Å². The van der Waals surface area contributed by atoms with Crippen LogP contribution in [0.25, 0.3) is 0 Å². The van der Waals surface area contributed by atoms with Crippen molar-refractivity contribution in [1.82, 2.24) is 0 Å². The Bertz CT molecular complexity index is 672. The van der Waals surface area contributed by atoms with Crippen molar-refractivity contribution >= 4 is 6.16 Å². The van der Waals surface area contributed by atoms with Gasteiger partial charge in [0.2, 0.25) is 0 Å². The standard InChI is InChI=1S/C27H44O4/c1-5-6-7-8-17-30-25(28)31-24-12-11-22-21-10-9-19-18-20(29-4)13-15-26(19,2)23(21)14-16-27(22,24)3/h18,20-24H,5-17H2,1-4H3/t20-,21+,22+,23+,24+,26+,27+/m1/s1. The molecule has 0 aromatic carbocycles. The molecule has 0 aromatic rings. The maximum Gasteiger partial charge on any atom is 0.508 e. The lowest BCUT2D eigenvalue weighted by Crippen LogP contribution is -2.52. The van der Waals surface area contributed by atoms with Crippen LogP contribution in [0.3, 0.4) is 0 Å². The smallest absolute Gasteiger partial charge is 0.434 e. The van der Waals surface area contributed by atoms with E-state index in [1.807, 2.05) is 7.11 Å². The van der Waals surface area contributed by atoms with E-state index in [9.17, 15) is 4.79 Å². The van der Waals surface area contributed by atoms with Gasteiger partial charge in [-0.2, -0.15) is 0 Å². The summed E-state index contributed by atoms with van der Waals surface area (Å²) in [6.45, 7) is 7.61. The third-order valence-electron chi connectivity index (χ3n) is 9.74. The molecule has 0 aromatic heterocycles. The molecule has 0 N–H and O–H groups in total. The first-order valence-electron chi connectivity index (χ1n) is 13.0. The third kappa shape index (κ3) is 4.30. The van der Waals surface area contributed by atoms with E-state index in [1.54, 1.807) is 5.57 Å². The van der Waals surface area contributed by atoms with Crippen LogP contribution in [-0.4, -0.2) is 32.1 Å². The first kappa shape index (κ1) is 23.1. The summed E-state index contributed by atoms with van der Waals surface area (Å²) in [4.78, 5) is 12.4. The molecule has 7 atom stereocenters. The van der Waals surface area contributed by atoms with E-state index in [0.29, 0.717) is 24.0 Å². The van der Waals surface area contributed by atoms with Crippen LogP contribution in [0.1, 0.15) is 97.8 Å². The largest absolute Gasteiger partial charge is 0.508 e. The molecule has 4 rings (SSSR count). The molecular weight excluding hydrogens is 388 g/mol. The van der Waals surface area contributed by atoms with Crippen molar-refractivity contribution in [3.05, 3.63) is 11.6 Å². The van der Waals surface area contributed by atoms with Crippen molar-refractivity contribution in [2.24, 2.45) is 28.6 Å². The second-order valence-corrected chi connectivity index (χ2v) is 11.2. The predicted octanol–water partition coefficient (Wildman–Crippen LogP) is 7.07. The van der Waals surface area contributed by atoms with Crippen LogP contribution in [0.15, 0.2) is 11.6 Å². The molecule has 4 aliphatic carbocycles. The van der Waals surface area contributed by atoms with Gasteiger partial charge in [0.1, 0.15) is 6.10 Å².